The lowest BCUT2D eigenvalue weighted by Crippen LogP contribution is -2.10. The summed E-state index contributed by atoms with van der Waals surface area (Å²) in [7, 11) is 0. The quantitative estimate of drug-likeness (QED) is 0.501. The van der Waals surface area contributed by atoms with Crippen LogP contribution in [0.15, 0.2) is 79.1 Å². The number of carbonyl (C=O) groups is 1. The molecule has 0 bridgehead atoms. The number of carbonyl (C=O) groups excluding carboxylic acids is 1. The molecule has 4 rings (SSSR count). The fourth-order valence-corrected chi connectivity index (χ4v) is 3.48. The maximum atomic E-state index is 12.9. The minimum Gasteiger partial charge on any atom is -0.505 e. The Morgan fingerprint density at radius 1 is 1.00 bits per heavy atom. The number of phenolic OH excluding ortho intramolecular Hbond substituents is 1. The number of rotatable bonds is 5. The summed E-state index contributed by atoms with van der Waals surface area (Å²) in [5, 5.41) is 11.9. The van der Waals surface area contributed by atoms with Crippen LogP contribution in [0.5, 0.6) is 5.75 Å². The molecule has 0 aliphatic heterocycles. The molecular formula is C24H20N2O2. The van der Waals surface area contributed by atoms with Crippen LogP contribution in [0.3, 0.4) is 0 Å². The molecule has 0 saturated carbocycles. The van der Waals surface area contributed by atoms with Crippen molar-refractivity contribution in [3.05, 3.63) is 102 Å². The number of aromatic nitrogens is 2. The van der Waals surface area contributed by atoms with Crippen LogP contribution in [0, 0.1) is 6.92 Å². The van der Waals surface area contributed by atoms with E-state index in [1.807, 2.05) is 73.7 Å². The Balaban J connectivity index is 1.81. The average molecular weight is 368 g/mol. The molecule has 2 heterocycles. The molecule has 4 nitrogen and oxygen atoms in total. The van der Waals surface area contributed by atoms with Crippen molar-refractivity contribution in [1.82, 2.24) is 9.97 Å². The lowest BCUT2D eigenvalue weighted by Gasteiger charge is -2.19. The monoisotopic (exact) mass is 368 g/mol. The van der Waals surface area contributed by atoms with E-state index in [1.165, 1.54) is 0 Å². The number of hydrogen-bond donors (Lipinski definition) is 1. The summed E-state index contributed by atoms with van der Waals surface area (Å²) >= 11 is 0. The van der Waals surface area contributed by atoms with Gasteiger partial charge < -0.3 is 5.11 Å². The van der Waals surface area contributed by atoms with Gasteiger partial charge in [-0.15, -0.1) is 0 Å². The molecule has 4 heteroatoms. The van der Waals surface area contributed by atoms with Crippen molar-refractivity contribution in [3.8, 4) is 5.75 Å². The number of fused-ring (bicyclic) bond motifs is 1. The molecule has 138 valence electrons. The molecule has 2 aromatic carbocycles. The zero-order chi connectivity index (χ0) is 19.5. The van der Waals surface area contributed by atoms with Gasteiger partial charge in [-0.25, -0.2) is 4.98 Å². The summed E-state index contributed by atoms with van der Waals surface area (Å²) in [6, 6.07) is 20.7. The van der Waals surface area contributed by atoms with Crippen molar-refractivity contribution >= 4 is 16.7 Å². The summed E-state index contributed by atoms with van der Waals surface area (Å²) in [5.41, 5.74) is 3.61. The maximum Gasteiger partial charge on any atom is 0.163 e. The number of aryl methyl sites for hydroxylation is 1. The summed E-state index contributed by atoms with van der Waals surface area (Å²) in [6.45, 7) is 1.89. The molecule has 1 N–H and O–H groups in total. The van der Waals surface area contributed by atoms with Crippen LogP contribution in [-0.4, -0.2) is 20.9 Å². The largest absolute Gasteiger partial charge is 0.505 e. The molecule has 0 fully saturated rings. The van der Waals surface area contributed by atoms with Gasteiger partial charge in [0.25, 0.3) is 0 Å². The third-order valence-electron chi connectivity index (χ3n) is 4.95. The first-order valence-corrected chi connectivity index (χ1v) is 9.21. The third kappa shape index (κ3) is 3.49. The number of pyridine rings is 2. The van der Waals surface area contributed by atoms with E-state index < -0.39 is 0 Å². The molecule has 4 aromatic rings. The minimum absolute atomic E-state index is 0.0196. The number of aromatic hydroxyl groups is 1. The first kappa shape index (κ1) is 17.9. The molecule has 0 radical (unpaired) electrons. The zero-order valence-electron chi connectivity index (χ0n) is 15.5. The molecule has 1 unspecified atom stereocenters. The van der Waals surface area contributed by atoms with Crippen molar-refractivity contribution in [2.75, 3.05) is 0 Å². The van der Waals surface area contributed by atoms with Gasteiger partial charge in [0.1, 0.15) is 11.3 Å². The van der Waals surface area contributed by atoms with Gasteiger partial charge in [-0.05, 0) is 24.6 Å². The van der Waals surface area contributed by atoms with Gasteiger partial charge in [0, 0.05) is 46.9 Å². The van der Waals surface area contributed by atoms with E-state index in [0.717, 1.165) is 16.6 Å². The normalized spacial score (nSPS) is 12.0. The number of phenols is 1. The second-order valence-corrected chi connectivity index (χ2v) is 6.86. The van der Waals surface area contributed by atoms with E-state index in [4.69, 9.17) is 0 Å². The van der Waals surface area contributed by atoms with Crippen LogP contribution < -0.4 is 0 Å². The lowest BCUT2D eigenvalue weighted by atomic mass is 9.85. The highest BCUT2D eigenvalue weighted by Crippen LogP contribution is 2.38. The Hall–Kier alpha value is -3.53. The molecule has 0 aliphatic rings. The van der Waals surface area contributed by atoms with Crippen LogP contribution in [0.25, 0.3) is 10.9 Å². The number of nitrogens with zero attached hydrogens (tertiary/aromatic N) is 2. The highest BCUT2D eigenvalue weighted by atomic mass is 16.3. The fraction of sp³-hybridized carbons (Fsp3) is 0.125. The van der Waals surface area contributed by atoms with Gasteiger partial charge >= 0.3 is 0 Å². The van der Waals surface area contributed by atoms with Gasteiger partial charge in [-0.2, -0.15) is 0 Å². The first-order valence-electron chi connectivity index (χ1n) is 9.21. The molecule has 0 aliphatic carbocycles. The van der Waals surface area contributed by atoms with Crippen LogP contribution in [-0.2, 0) is 0 Å². The molecule has 28 heavy (non-hydrogen) atoms. The Morgan fingerprint density at radius 2 is 1.79 bits per heavy atom. The van der Waals surface area contributed by atoms with E-state index in [2.05, 4.69) is 9.97 Å². The summed E-state index contributed by atoms with van der Waals surface area (Å²) in [4.78, 5) is 21.6. The predicted octanol–water partition coefficient (Wildman–Crippen LogP) is 5.05. The van der Waals surface area contributed by atoms with Crippen molar-refractivity contribution in [2.45, 2.75) is 19.3 Å². The standard InChI is InChI=1S/C24H20N2O2/c1-16-9-10-18-11-12-20(24(28)23(18)26-16)21(19-8-5-13-25-15-19)14-22(27)17-6-3-2-4-7-17/h2-13,15,21,28H,14H2,1H3. The van der Waals surface area contributed by atoms with E-state index in [-0.39, 0.29) is 23.9 Å². The molecule has 0 spiro atoms. The van der Waals surface area contributed by atoms with Gasteiger partial charge in [-0.3, -0.25) is 9.78 Å². The SMILES string of the molecule is Cc1ccc2ccc(C(CC(=O)c3ccccc3)c3cccnc3)c(O)c2n1. The molecular weight excluding hydrogens is 348 g/mol. The van der Waals surface area contributed by atoms with Crippen LogP contribution in [0.4, 0.5) is 0 Å². The Morgan fingerprint density at radius 3 is 2.54 bits per heavy atom. The Labute approximate surface area is 163 Å². The number of ketones is 1. The number of hydrogen-bond acceptors (Lipinski definition) is 4. The second kappa shape index (κ2) is 7.61. The Bertz CT molecular complexity index is 1130. The fourth-order valence-electron chi connectivity index (χ4n) is 3.48. The van der Waals surface area contributed by atoms with E-state index in [9.17, 15) is 9.90 Å². The lowest BCUT2D eigenvalue weighted by molar-refractivity contribution is 0.0977. The highest BCUT2D eigenvalue weighted by Gasteiger charge is 2.23. The van der Waals surface area contributed by atoms with Gasteiger partial charge in [0.05, 0.1) is 0 Å². The van der Waals surface area contributed by atoms with Gasteiger partial charge in [-0.1, -0.05) is 54.6 Å². The predicted molar refractivity (Wildman–Crippen MR) is 110 cm³/mol. The first-order chi connectivity index (χ1) is 13.6. The van der Waals surface area contributed by atoms with Crippen LogP contribution >= 0.6 is 0 Å². The summed E-state index contributed by atoms with van der Waals surface area (Å²) in [5.74, 6) is -0.171. The van der Waals surface area contributed by atoms with E-state index in [1.54, 1.807) is 12.4 Å². The average Bonchev–Trinajstić information content (AvgIpc) is 2.74. The number of Topliss-reactive ketones (excluding diaryl/α,β-unsaturated/α-hetero) is 1. The summed E-state index contributed by atoms with van der Waals surface area (Å²) in [6.07, 6.45) is 3.68. The van der Waals surface area contributed by atoms with E-state index in [0.29, 0.717) is 16.6 Å². The van der Waals surface area contributed by atoms with Gasteiger partial charge in [0.15, 0.2) is 5.78 Å². The van der Waals surface area contributed by atoms with Crippen LogP contribution in [0.2, 0.25) is 0 Å². The summed E-state index contributed by atoms with van der Waals surface area (Å²) < 4.78 is 0. The van der Waals surface area contributed by atoms with Crippen molar-refractivity contribution in [1.29, 1.82) is 0 Å². The molecule has 1 atom stereocenters. The minimum atomic E-state index is -0.312. The molecule has 0 saturated heterocycles. The highest BCUT2D eigenvalue weighted by molar-refractivity contribution is 5.97. The van der Waals surface area contributed by atoms with Crippen molar-refractivity contribution in [2.24, 2.45) is 0 Å². The number of benzene rings is 2. The smallest absolute Gasteiger partial charge is 0.163 e. The molecule has 0 amide bonds. The second-order valence-electron chi connectivity index (χ2n) is 6.86. The van der Waals surface area contributed by atoms with Gasteiger partial charge in [0.2, 0.25) is 0 Å². The van der Waals surface area contributed by atoms with Crippen molar-refractivity contribution in [3.63, 3.8) is 0 Å². The Kier molecular flexibility index (Phi) is 4.85. The zero-order valence-corrected chi connectivity index (χ0v) is 15.5. The third-order valence-corrected chi connectivity index (χ3v) is 4.95. The molecule has 2 aromatic heterocycles. The van der Waals surface area contributed by atoms with Crippen molar-refractivity contribution < 1.29 is 9.90 Å². The maximum absolute atomic E-state index is 12.9. The van der Waals surface area contributed by atoms with Crippen LogP contribution in [0.1, 0.15) is 39.5 Å². The topological polar surface area (TPSA) is 63.1 Å². The van der Waals surface area contributed by atoms with E-state index >= 15 is 0 Å².